The van der Waals surface area contributed by atoms with Gasteiger partial charge in [0.25, 0.3) is 5.91 Å². The lowest BCUT2D eigenvalue weighted by molar-refractivity contribution is 0.0746. The number of amides is 1. The molecule has 1 saturated carbocycles. The van der Waals surface area contributed by atoms with Crippen LogP contribution in [0.2, 0.25) is 0 Å². The Hall–Kier alpha value is -2.83. The third-order valence-corrected chi connectivity index (χ3v) is 5.99. The van der Waals surface area contributed by atoms with Gasteiger partial charge in [-0.25, -0.2) is 4.98 Å². The van der Waals surface area contributed by atoms with Gasteiger partial charge in [0.05, 0.1) is 7.11 Å². The number of hydrogen-bond acceptors (Lipinski definition) is 6. The monoisotopic (exact) mass is 409 g/mol. The fourth-order valence-electron chi connectivity index (χ4n) is 4.29. The molecule has 1 aromatic heterocycles. The number of hydrogen-bond donors (Lipinski definition) is 1. The summed E-state index contributed by atoms with van der Waals surface area (Å²) < 4.78 is 5.24. The molecule has 2 aromatic rings. The SMILES string of the molecule is COc1cccc(C(=O)N2CCN(c3cc(C)nc(NC4CCCCC4)n3)CC2)c1. The minimum absolute atomic E-state index is 0.0482. The number of piperazine rings is 1. The molecule has 0 unspecified atom stereocenters. The predicted octanol–water partition coefficient (Wildman–Crippen LogP) is 3.50. The van der Waals surface area contributed by atoms with Gasteiger partial charge < -0.3 is 19.9 Å². The van der Waals surface area contributed by atoms with Crippen LogP contribution in [-0.4, -0.2) is 60.1 Å². The van der Waals surface area contributed by atoms with Crippen molar-refractivity contribution in [1.82, 2.24) is 14.9 Å². The quantitative estimate of drug-likeness (QED) is 0.815. The van der Waals surface area contributed by atoms with Crippen molar-refractivity contribution in [2.24, 2.45) is 0 Å². The second kappa shape index (κ2) is 9.32. The van der Waals surface area contributed by atoms with E-state index in [9.17, 15) is 4.79 Å². The van der Waals surface area contributed by atoms with Crippen LogP contribution in [0, 0.1) is 6.92 Å². The summed E-state index contributed by atoms with van der Waals surface area (Å²) in [5, 5.41) is 3.54. The Balaban J connectivity index is 1.39. The van der Waals surface area contributed by atoms with Crippen molar-refractivity contribution in [3.8, 4) is 5.75 Å². The Bertz CT molecular complexity index is 874. The van der Waals surface area contributed by atoms with Gasteiger partial charge >= 0.3 is 0 Å². The van der Waals surface area contributed by atoms with E-state index in [-0.39, 0.29) is 5.91 Å². The molecule has 0 spiro atoms. The highest BCUT2D eigenvalue weighted by atomic mass is 16.5. The summed E-state index contributed by atoms with van der Waals surface area (Å²) in [6.45, 7) is 4.87. The van der Waals surface area contributed by atoms with Gasteiger partial charge in [-0.15, -0.1) is 0 Å². The molecule has 1 amide bonds. The number of carbonyl (C=O) groups is 1. The average Bonchev–Trinajstić information content (AvgIpc) is 2.79. The first-order valence-electron chi connectivity index (χ1n) is 10.9. The number of aryl methyl sites for hydroxylation is 1. The molecule has 0 bridgehead atoms. The fourth-order valence-corrected chi connectivity index (χ4v) is 4.29. The highest BCUT2D eigenvalue weighted by Gasteiger charge is 2.24. The van der Waals surface area contributed by atoms with Gasteiger partial charge in [0, 0.05) is 49.5 Å². The summed E-state index contributed by atoms with van der Waals surface area (Å²) in [6, 6.07) is 9.86. The largest absolute Gasteiger partial charge is 0.497 e. The van der Waals surface area contributed by atoms with Crippen molar-refractivity contribution in [2.75, 3.05) is 43.5 Å². The Kier molecular flexibility index (Phi) is 6.35. The van der Waals surface area contributed by atoms with Crippen LogP contribution in [0.3, 0.4) is 0 Å². The molecule has 0 radical (unpaired) electrons. The number of nitrogens with zero attached hydrogens (tertiary/aromatic N) is 4. The Morgan fingerprint density at radius 2 is 1.83 bits per heavy atom. The molecule has 1 N–H and O–H groups in total. The van der Waals surface area contributed by atoms with E-state index in [1.165, 1.54) is 32.1 Å². The zero-order valence-corrected chi connectivity index (χ0v) is 17.9. The molecular formula is C23H31N5O2. The molecule has 1 aliphatic carbocycles. The molecule has 1 aromatic carbocycles. The molecule has 2 aliphatic rings. The lowest BCUT2D eigenvalue weighted by Crippen LogP contribution is -2.49. The topological polar surface area (TPSA) is 70.6 Å². The van der Waals surface area contributed by atoms with Crippen LogP contribution in [-0.2, 0) is 0 Å². The zero-order valence-electron chi connectivity index (χ0n) is 17.9. The fraction of sp³-hybridized carbons (Fsp3) is 0.522. The summed E-state index contributed by atoms with van der Waals surface area (Å²) >= 11 is 0. The van der Waals surface area contributed by atoms with E-state index >= 15 is 0 Å². The standard InChI is InChI=1S/C23H31N5O2/c1-17-15-21(26-23(24-17)25-19-8-4-3-5-9-19)27-11-13-28(14-12-27)22(29)18-7-6-10-20(16-18)30-2/h6-7,10,15-16,19H,3-5,8-9,11-14H2,1-2H3,(H,24,25,26). The molecule has 1 saturated heterocycles. The van der Waals surface area contributed by atoms with E-state index < -0.39 is 0 Å². The first-order valence-corrected chi connectivity index (χ1v) is 10.9. The van der Waals surface area contributed by atoms with Gasteiger partial charge in [-0.2, -0.15) is 4.98 Å². The Morgan fingerprint density at radius 3 is 2.57 bits per heavy atom. The van der Waals surface area contributed by atoms with Gasteiger partial charge in [0.1, 0.15) is 11.6 Å². The third-order valence-electron chi connectivity index (χ3n) is 5.99. The summed E-state index contributed by atoms with van der Waals surface area (Å²) in [5.41, 5.74) is 1.63. The normalized spacial score (nSPS) is 17.7. The van der Waals surface area contributed by atoms with Crippen LogP contribution in [0.5, 0.6) is 5.75 Å². The first kappa shape index (κ1) is 20.4. The summed E-state index contributed by atoms with van der Waals surface area (Å²) in [4.78, 5) is 26.4. The summed E-state index contributed by atoms with van der Waals surface area (Å²) in [6.07, 6.45) is 6.27. The number of rotatable bonds is 5. The number of aromatic nitrogens is 2. The number of methoxy groups -OCH3 is 1. The maximum atomic E-state index is 12.9. The van der Waals surface area contributed by atoms with Gasteiger partial charge in [0.2, 0.25) is 5.95 Å². The lowest BCUT2D eigenvalue weighted by Gasteiger charge is -2.35. The smallest absolute Gasteiger partial charge is 0.254 e. The summed E-state index contributed by atoms with van der Waals surface area (Å²) in [7, 11) is 1.61. The number of benzene rings is 1. The minimum atomic E-state index is 0.0482. The predicted molar refractivity (Wildman–Crippen MR) is 118 cm³/mol. The molecule has 160 valence electrons. The van der Waals surface area contributed by atoms with E-state index in [4.69, 9.17) is 9.72 Å². The van der Waals surface area contributed by atoms with Crippen LogP contribution in [0.1, 0.15) is 48.2 Å². The maximum absolute atomic E-state index is 12.9. The highest BCUT2D eigenvalue weighted by molar-refractivity contribution is 5.94. The molecule has 1 aliphatic heterocycles. The molecule has 7 nitrogen and oxygen atoms in total. The van der Waals surface area contributed by atoms with Crippen LogP contribution in [0.4, 0.5) is 11.8 Å². The van der Waals surface area contributed by atoms with E-state index in [1.54, 1.807) is 13.2 Å². The number of nitrogens with one attached hydrogen (secondary N) is 1. The second-order valence-electron chi connectivity index (χ2n) is 8.18. The van der Waals surface area contributed by atoms with Crippen LogP contribution >= 0.6 is 0 Å². The van der Waals surface area contributed by atoms with Crippen molar-refractivity contribution in [2.45, 2.75) is 45.1 Å². The molecular weight excluding hydrogens is 378 g/mol. The molecule has 2 fully saturated rings. The first-order chi connectivity index (χ1) is 14.6. The van der Waals surface area contributed by atoms with Crippen LogP contribution in [0.15, 0.2) is 30.3 Å². The molecule has 4 rings (SSSR count). The van der Waals surface area contributed by atoms with Crippen molar-refractivity contribution < 1.29 is 9.53 Å². The maximum Gasteiger partial charge on any atom is 0.254 e. The van der Waals surface area contributed by atoms with Crippen LogP contribution < -0.4 is 15.0 Å². The van der Waals surface area contributed by atoms with Gasteiger partial charge in [-0.3, -0.25) is 4.79 Å². The Labute approximate surface area is 178 Å². The number of carbonyl (C=O) groups excluding carboxylic acids is 1. The van der Waals surface area contributed by atoms with Gasteiger partial charge in [-0.05, 0) is 38.0 Å². The third kappa shape index (κ3) is 4.83. The van der Waals surface area contributed by atoms with E-state index in [1.807, 2.05) is 36.1 Å². The second-order valence-corrected chi connectivity index (χ2v) is 8.18. The zero-order chi connectivity index (χ0) is 20.9. The number of anilines is 2. The van der Waals surface area contributed by atoms with Crippen molar-refractivity contribution in [3.63, 3.8) is 0 Å². The highest BCUT2D eigenvalue weighted by Crippen LogP contribution is 2.23. The van der Waals surface area contributed by atoms with Crippen LogP contribution in [0.25, 0.3) is 0 Å². The van der Waals surface area contributed by atoms with Gasteiger partial charge in [0.15, 0.2) is 0 Å². The van der Waals surface area contributed by atoms with Crippen molar-refractivity contribution >= 4 is 17.7 Å². The summed E-state index contributed by atoms with van der Waals surface area (Å²) in [5.74, 6) is 2.42. The van der Waals surface area contributed by atoms with Crippen molar-refractivity contribution in [3.05, 3.63) is 41.6 Å². The lowest BCUT2D eigenvalue weighted by atomic mass is 9.96. The van der Waals surface area contributed by atoms with E-state index in [2.05, 4.69) is 15.2 Å². The average molecular weight is 410 g/mol. The number of ether oxygens (including phenoxy) is 1. The van der Waals surface area contributed by atoms with E-state index in [0.29, 0.717) is 30.4 Å². The Morgan fingerprint density at radius 1 is 1.07 bits per heavy atom. The molecule has 30 heavy (non-hydrogen) atoms. The molecule has 0 atom stereocenters. The van der Waals surface area contributed by atoms with Gasteiger partial charge in [-0.1, -0.05) is 25.3 Å². The molecule has 7 heteroatoms. The van der Waals surface area contributed by atoms with E-state index in [0.717, 1.165) is 30.5 Å². The molecule has 2 heterocycles. The van der Waals surface area contributed by atoms with Crippen molar-refractivity contribution in [1.29, 1.82) is 0 Å². The minimum Gasteiger partial charge on any atom is -0.497 e.